The Kier molecular flexibility index (Phi) is 8.10. The van der Waals surface area contributed by atoms with Gasteiger partial charge in [-0.3, -0.25) is 20.3 Å². The maximum atomic E-state index is 11.5. The summed E-state index contributed by atoms with van der Waals surface area (Å²) in [7, 11) is 0. The zero-order valence-corrected chi connectivity index (χ0v) is 11.7. The van der Waals surface area contributed by atoms with Gasteiger partial charge in [-0.2, -0.15) is 0 Å². The van der Waals surface area contributed by atoms with E-state index in [0.717, 1.165) is 38.5 Å². The maximum Gasteiger partial charge on any atom is 0.325 e. The first kappa shape index (κ1) is 16.2. The van der Waals surface area contributed by atoms with Crippen LogP contribution in [0.5, 0.6) is 0 Å². The van der Waals surface area contributed by atoms with E-state index in [1.165, 1.54) is 0 Å². The van der Waals surface area contributed by atoms with Crippen molar-refractivity contribution in [1.82, 2.24) is 10.6 Å². The van der Waals surface area contributed by atoms with Gasteiger partial charge in [0.1, 0.15) is 13.2 Å². The number of carbonyl (C=O) groups is 2. The Morgan fingerprint density at radius 3 is 2.65 bits per heavy atom. The number of amides is 1. The zero-order valence-electron chi connectivity index (χ0n) is 11.7. The fraction of sp³-hybridized carbons (Fsp3) is 0.643. The van der Waals surface area contributed by atoms with Crippen LogP contribution < -0.4 is 10.6 Å². The van der Waals surface area contributed by atoms with Gasteiger partial charge in [0, 0.05) is 6.42 Å². The Hall–Kier alpha value is -1.85. The number of cyclic esters (lactones) is 1. The molecular weight excluding hydrogens is 258 g/mol. The molecule has 1 rings (SSSR count). The molecule has 3 N–H and O–H groups in total. The van der Waals surface area contributed by atoms with E-state index in [0.29, 0.717) is 6.42 Å². The summed E-state index contributed by atoms with van der Waals surface area (Å²) in [5, 5.41) is 12.4. The first-order valence-corrected chi connectivity index (χ1v) is 7.11. The molecule has 0 aromatic carbocycles. The van der Waals surface area contributed by atoms with Crippen LogP contribution in [0, 0.1) is 5.41 Å². The number of ether oxygens (including phenoxy) is 1. The lowest BCUT2D eigenvalue weighted by Crippen LogP contribution is -2.42. The second-order valence-corrected chi connectivity index (χ2v) is 4.74. The second kappa shape index (κ2) is 10.00. The molecule has 6 nitrogen and oxygen atoms in total. The van der Waals surface area contributed by atoms with Gasteiger partial charge in [-0.15, -0.1) is 0 Å². The van der Waals surface area contributed by atoms with Gasteiger partial charge < -0.3 is 10.1 Å². The largest absolute Gasteiger partial charge is 0.460 e. The fourth-order valence-corrected chi connectivity index (χ4v) is 1.86. The van der Waals surface area contributed by atoms with Crippen molar-refractivity contribution in [2.45, 2.75) is 44.9 Å². The third-order valence-corrected chi connectivity index (χ3v) is 2.96. The minimum atomic E-state index is -0.446. The molecule has 0 fully saturated rings. The average molecular weight is 281 g/mol. The van der Waals surface area contributed by atoms with Crippen LogP contribution in [-0.2, 0) is 14.3 Å². The highest BCUT2D eigenvalue weighted by Crippen LogP contribution is 2.07. The van der Waals surface area contributed by atoms with Gasteiger partial charge in [-0.25, -0.2) is 0 Å². The molecule has 0 saturated carbocycles. The van der Waals surface area contributed by atoms with Crippen LogP contribution in [0.4, 0.5) is 0 Å². The van der Waals surface area contributed by atoms with Crippen molar-refractivity contribution in [3.8, 4) is 0 Å². The summed E-state index contributed by atoms with van der Waals surface area (Å²) in [5.41, 5.74) is 0. The average Bonchev–Trinajstić information content (AvgIpc) is 2.41. The van der Waals surface area contributed by atoms with Crippen LogP contribution in [0.15, 0.2) is 12.2 Å². The SMILES string of the molecule is N=C1NCC(=O)OC/C=C/CCCCCCCC(=O)N1. The molecule has 0 bridgehead atoms. The van der Waals surface area contributed by atoms with Crippen LogP contribution in [0.1, 0.15) is 44.9 Å². The van der Waals surface area contributed by atoms with Crippen LogP contribution >= 0.6 is 0 Å². The van der Waals surface area contributed by atoms with Crippen LogP contribution in [0.25, 0.3) is 0 Å². The number of esters is 1. The molecular formula is C14H23N3O3. The zero-order chi connectivity index (χ0) is 14.6. The van der Waals surface area contributed by atoms with Gasteiger partial charge in [0.2, 0.25) is 5.91 Å². The van der Waals surface area contributed by atoms with Crippen LogP contribution in [-0.4, -0.2) is 31.0 Å². The molecule has 0 aromatic rings. The summed E-state index contributed by atoms with van der Waals surface area (Å²) in [6.45, 7) is 0.132. The number of nitrogens with one attached hydrogen (secondary N) is 3. The Morgan fingerprint density at radius 2 is 1.80 bits per heavy atom. The van der Waals surface area contributed by atoms with Crippen molar-refractivity contribution in [2.75, 3.05) is 13.2 Å². The molecule has 0 radical (unpaired) electrons. The Balaban J connectivity index is 2.39. The van der Waals surface area contributed by atoms with Crippen molar-refractivity contribution < 1.29 is 14.3 Å². The predicted molar refractivity (Wildman–Crippen MR) is 76.3 cm³/mol. The molecule has 1 heterocycles. The molecule has 0 aliphatic carbocycles. The third-order valence-electron chi connectivity index (χ3n) is 2.96. The summed E-state index contributed by atoms with van der Waals surface area (Å²) in [6.07, 6.45) is 10.5. The van der Waals surface area contributed by atoms with E-state index in [4.69, 9.17) is 10.1 Å². The molecule has 0 spiro atoms. The minimum Gasteiger partial charge on any atom is -0.460 e. The van der Waals surface area contributed by atoms with Gasteiger partial charge in [-0.05, 0) is 19.3 Å². The Morgan fingerprint density at radius 1 is 1.05 bits per heavy atom. The highest BCUT2D eigenvalue weighted by Gasteiger charge is 2.07. The minimum absolute atomic E-state index is 0.118. The van der Waals surface area contributed by atoms with E-state index in [-0.39, 0.29) is 25.0 Å². The number of hydrogen-bond donors (Lipinski definition) is 3. The first-order valence-electron chi connectivity index (χ1n) is 7.11. The van der Waals surface area contributed by atoms with Crippen molar-refractivity contribution in [1.29, 1.82) is 5.41 Å². The number of allylic oxidation sites excluding steroid dienone is 1. The van der Waals surface area contributed by atoms with Crippen molar-refractivity contribution >= 4 is 17.8 Å². The number of carbonyl (C=O) groups excluding carboxylic acids is 2. The van der Waals surface area contributed by atoms with Crippen LogP contribution in [0.3, 0.4) is 0 Å². The van der Waals surface area contributed by atoms with Gasteiger partial charge in [-0.1, -0.05) is 31.4 Å². The van der Waals surface area contributed by atoms with E-state index in [2.05, 4.69) is 10.6 Å². The smallest absolute Gasteiger partial charge is 0.325 e. The van der Waals surface area contributed by atoms with Gasteiger partial charge >= 0.3 is 5.97 Å². The van der Waals surface area contributed by atoms with E-state index in [9.17, 15) is 9.59 Å². The first-order chi connectivity index (χ1) is 9.68. The number of hydrogen-bond acceptors (Lipinski definition) is 4. The lowest BCUT2D eigenvalue weighted by atomic mass is 10.1. The van der Waals surface area contributed by atoms with Gasteiger partial charge in [0.15, 0.2) is 5.96 Å². The normalized spacial score (nSPS) is 22.1. The quantitative estimate of drug-likeness (QED) is 0.463. The summed E-state index contributed by atoms with van der Waals surface area (Å²) < 4.78 is 4.95. The standard InChI is InChI=1S/C14H23N3O3/c15-14-16-11-13(19)20-10-8-6-4-2-1-3-5-7-9-12(18)17-14/h6,8H,1-5,7,9-11H2,(H3,15,16,17,18)/b8-6+. The molecule has 112 valence electrons. The Labute approximate surface area is 119 Å². The maximum absolute atomic E-state index is 11.5. The van der Waals surface area contributed by atoms with Gasteiger partial charge in [0.05, 0.1) is 0 Å². The Bertz CT molecular complexity index is 367. The molecule has 20 heavy (non-hydrogen) atoms. The monoisotopic (exact) mass is 281 g/mol. The summed E-state index contributed by atoms with van der Waals surface area (Å²) >= 11 is 0. The molecule has 0 saturated heterocycles. The van der Waals surface area contributed by atoms with Crippen molar-refractivity contribution in [3.05, 3.63) is 12.2 Å². The lowest BCUT2D eigenvalue weighted by molar-refractivity contribution is -0.141. The van der Waals surface area contributed by atoms with Crippen LogP contribution in [0.2, 0.25) is 0 Å². The molecule has 1 amide bonds. The summed E-state index contributed by atoms with van der Waals surface area (Å²) in [6, 6.07) is 0. The lowest BCUT2D eigenvalue weighted by Gasteiger charge is -2.08. The highest BCUT2D eigenvalue weighted by molar-refractivity contribution is 5.96. The third kappa shape index (κ3) is 8.29. The molecule has 1 aliphatic rings. The van der Waals surface area contributed by atoms with E-state index < -0.39 is 5.97 Å². The fourth-order valence-electron chi connectivity index (χ4n) is 1.86. The van der Waals surface area contributed by atoms with E-state index in [1.807, 2.05) is 12.2 Å². The summed E-state index contributed by atoms with van der Waals surface area (Å²) in [4.78, 5) is 22.8. The molecule has 0 aromatic heterocycles. The van der Waals surface area contributed by atoms with E-state index >= 15 is 0 Å². The topological polar surface area (TPSA) is 91.3 Å². The second-order valence-electron chi connectivity index (χ2n) is 4.74. The summed E-state index contributed by atoms with van der Waals surface area (Å²) in [5.74, 6) is -0.799. The number of rotatable bonds is 0. The molecule has 1 aliphatic heterocycles. The number of guanidine groups is 1. The van der Waals surface area contributed by atoms with Crippen molar-refractivity contribution in [2.24, 2.45) is 0 Å². The highest BCUT2D eigenvalue weighted by atomic mass is 16.5. The predicted octanol–water partition coefficient (Wildman–Crippen LogP) is 1.47. The van der Waals surface area contributed by atoms with E-state index in [1.54, 1.807) is 0 Å². The molecule has 0 atom stereocenters. The van der Waals surface area contributed by atoms with Gasteiger partial charge in [0.25, 0.3) is 0 Å². The molecule has 6 heteroatoms. The molecule has 0 unspecified atom stereocenters. The van der Waals surface area contributed by atoms with Crippen molar-refractivity contribution in [3.63, 3.8) is 0 Å².